The van der Waals surface area contributed by atoms with Gasteiger partial charge in [-0.2, -0.15) is 0 Å². The highest BCUT2D eigenvalue weighted by atomic mass is 19.1. The Labute approximate surface area is 239 Å². The molecule has 0 heterocycles. The molecule has 0 radical (unpaired) electrons. The first-order valence-corrected chi connectivity index (χ1v) is 15.1. The van der Waals surface area contributed by atoms with Gasteiger partial charge in [0.1, 0.15) is 11.6 Å². The molecule has 2 aromatic rings. The van der Waals surface area contributed by atoms with Crippen LogP contribution in [0.25, 0.3) is 0 Å². The van der Waals surface area contributed by atoms with Crippen molar-refractivity contribution >= 4 is 6.03 Å². The number of rotatable bonds is 13. The zero-order chi connectivity index (χ0) is 29.2. The molecule has 3 rings (SSSR count). The summed E-state index contributed by atoms with van der Waals surface area (Å²) in [7, 11) is 0. The molecule has 1 fully saturated rings. The van der Waals surface area contributed by atoms with Crippen molar-refractivity contribution in [1.29, 1.82) is 0 Å². The molecule has 2 aromatic carbocycles. The molecule has 40 heavy (non-hydrogen) atoms. The Kier molecular flexibility index (Phi) is 11.9. The van der Waals surface area contributed by atoms with Crippen molar-refractivity contribution in [2.24, 2.45) is 0 Å². The minimum atomic E-state index is -0.971. The summed E-state index contributed by atoms with van der Waals surface area (Å²) in [6, 6.07) is 10.9. The molecule has 0 aromatic heterocycles. The molecule has 4 N–H and O–H groups in total. The van der Waals surface area contributed by atoms with Crippen molar-refractivity contribution < 1.29 is 18.7 Å². The smallest absolute Gasteiger partial charge is 0.315 e. The SMILES string of the molecule is CCCCCCNC(=O)NC(Cc1cc(F)cc(F)c1)C(O)CNC1(c2cccc(C(C)(C)C)c2)CCCCC1. The molecule has 0 bridgehead atoms. The van der Waals surface area contributed by atoms with Crippen LogP contribution in [0.1, 0.15) is 102 Å². The molecular formula is C33H49F2N3O2. The Balaban J connectivity index is 1.76. The van der Waals surface area contributed by atoms with E-state index in [1.807, 2.05) is 0 Å². The first kappa shape index (κ1) is 32.0. The first-order valence-electron chi connectivity index (χ1n) is 15.1. The van der Waals surface area contributed by atoms with Gasteiger partial charge in [0.2, 0.25) is 0 Å². The summed E-state index contributed by atoms with van der Waals surface area (Å²) in [5, 5.41) is 20.8. The van der Waals surface area contributed by atoms with E-state index >= 15 is 0 Å². The molecule has 0 spiro atoms. The largest absolute Gasteiger partial charge is 0.390 e. The molecule has 2 amide bonds. The van der Waals surface area contributed by atoms with Crippen LogP contribution in [0, 0.1) is 11.6 Å². The fraction of sp³-hybridized carbons (Fsp3) is 0.606. The number of hydrogen-bond acceptors (Lipinski definition) is 3. The van der Waals surface area contributed by atoms with Crippen LogP contribution in [0.3, 0.4) is 0 Å². The van der Waals surface area contributed by atoms with Gasteiger partial charge in [0, 0.05) is 24.7 Å². The van der Waals surface area contributed by atoms with Gasteiger partial charge in [0.25, 0.3) is 0 Å². The Morgan fingerprint density at radius 1 is 1.00 bits per heavy atom. The number of aliphatic hydroxyl groups is 1. The summed E-state index contributed by atoms with van der Waals surface area (Å²) in [4.78, 5) is 12.7. The van der Waals surface area contributed by atoms with Crippen LogP contribution in [-0.4, -0.2) is 36.4 Å². The van der Waals surface area contributed by atoms with Crippen LogP contribution in [0.5, 0.6) is 0 Å². The quantitative estimate of drug-likeness (QED) is 0.203. The van der Waals surface area contributed by atoms with E-state index in [0.29, 0.717) is 12.1 Å². The number of nitrogens with one attached hydrogen (secondary N) is 3. The third kappa shape index (κ3) is 9.55. The number of urea groups is 1. The average molecular weight is 558 g/mol. The monoisotopic (exact) mass is 557 g/mol. The fourth-order valence-electron chi connectivity index (χ4n) is 5.69. The molecular weight excluding hydrogens is 508 g/mol. The predicted molar refractivity (Wildman–Crippen MR) is 158 cm³/mol. The molecule has 7 heteroatoms. The van der Waals surface area contributed by atoms with Crippen molar-refractivity contribution in [3.8, 4) is 0 Å². The fourth-order valence-corrected chi connectivity index (χ4v) is 5.69. The summed E-state index contributed by atoms with van der Waals surface area (Å²) in [6.45, 7) is 9.52. The van der Waals surface area contributed by atoms with Gasteiger partial charge in [0.05, 0.1) is 12.1 Å². The maximum Gasteiger partial charge on any atom is 0.315 e. The van der Waals surface area contributed by atoms with Crippen LogP contribution in [-0.2, 0) is 17.4 Å². The number of carbonyl (C=O) groups is 1. The Hall–Kier alpha value is -2.51. The van der Waals surface area contributed by atoms with E-state index in [2.05, 4.69) is 67.9 Å². The van der Waals surface area contributed by atoms with Crippen LogP contribution in [0.2, 0.25) is 0 Å². The van der Waals surface area contributed by atoms with Gasteiger partial charge in [-0.25, -0.2) is 13.6 Å². The maximum absolute atomic E-state index is 13.9. The zero-order valence-electron chi connectivity index (χ0n) is 24.8. The second-order valence-corrected chi connectivity index (χ2v) is 12.5. The number of unbranched alkanes of at least 4 members (excludes halogenated alkanes) is 3. The molecule has 1 aliphatic carbocycles. The minimum absolute atomic E-state index is 0.0184. The molecule has 0 saturated heterocycles. The summed E-state index contributed by atoms with van der Waals surface area (Å²) >= 11 is 0. The third-order valence-electron chi connectivity index (χ3n) is 8.11. The van der Waals surface area contributed by atoms with Gasteiger partial charge in [0.15, 0.2) is 0 Å². The number of carbonyl (C=O) groups excluding carboxylic acids is 1. The average Bonchev–Trinajstić information content (AvgIpc) is 2.91. The number of hydrogen-bond donors (Lipinski definition) is 4. The number of aliphatic hydroxyl groups excluding tert-OH is 1. The standard InChI is InChI=1S/C33H49F2N3O2/c1-5-6-7-11-17-36-31(40)38-29(20-24-18-27(34)22-28(35)19-24)30(39)23-37-33(15-9-8-10-16-33)26-14-12-13-25(21-26)32(2,3)4/h12-14,18-19,21-22,29-30,37,39H,5-11,15-17,20,23H2,1-4H3,(H2,36,38,40). The molecule has 222 valence electrons. The molecule has 0 aliphatic heterocycles. The van der Waals surface area contributed by atoms with E-state index in [1.54, 1.807) is 0 Å². The molecule has 5 nitrogen and oxygen atoms in total. The van der Waals surface area contributed by atoms with Crippen molar-refractivity contribution in [2.75, 3.05) is 13.1 Å². The van der Waals surface area contributed by atoms with Crippen LogP contribution < -0.4 is 16.0 Å². The lowest BCUT2D eigenvalue weighted by molar-refractivity contribution is 0.106. The second kappa shape index (κ2) is 14.9. The lowest BCUT2D eigenvalue weighted by atomic mass is 9.74. The van der Waals surface area contributed by atoms with E-state index in [0.717, 1.165) is 57.4 Å². The van der Waals surface area contributed by atoms with E-state index in [4.69, 9.17) is 0 Å². The van der Waals surface area contributed by atoms with Crippen LogP contribution >= 0.6 is 0 Å². The van der Waals surface area contributed by atoms with E-state index in [1.165, 1.54) is 29.7 Å². The van der Waals surface area contributed by atoms with Crippen LogP contribution in [0.4, 0.5) is 13.6 Å². The zero-order valence-corrected chi connectivity index (χ0v) is 24.8. The van der Waals surface area contributed by atoms with Gasteiger partial charge in [-0.1, -0.05) is 90.5 Å². The summed E-state index contributed by atoms with van der Waals surface area (Å²) < 4.78 is 27.9. The van der Waals surface area contributed by atoms with Crippen LogP contribution in [0.15, 0.2) is 42.5 Å². The molecule has 1 aliphatic rings. The first-order chi connectivity index (χ1) is 19.0. The molecule has 2 unspecified atom stereocenters. The Morgan fingerprint density at radius 2 is 1.70 bits per heavy atom. The summed E-state index contributed by atoms with van der Waals surface area (Å²) in [5.41, 5.74) is 2.60. The topological polar surface area (TPSA) is 73.4 Å². The normalized spacial score (nSPS) is 16.8. The lowest BCUT2D eigenvalue weighted by Crippen LogP contribution is -2.54. The number of halogens is 2. The van der Waals surface area contributed by atoms with Crippen molar-refractivity contribution in [1.82, 2.24) is 16.0 Å². The van der Waals surface area contributed by atoms with Crippen molar-refractivity contribution in [3.63, 3.8) is 0 Å². The summed E-state index contributed by atoms with van der Waals surface area (Å²) in [6.07, 6.45) is 8.54. The molecule has 1 saturated carbocycles. The third-order valence-corrected chi connectivity index (χ3v) is 8.11. The van der Waals surface area contributed by atoms with Gasteiger partial charge in [-0.05, 0) is 59.9 Å². The van der Waals surface area contributed by atoms with Gasteiger partial charge in [-0.3, -0.25) is 0 Å². The lowest BCUT2D eigenvalue weighted by Gasteiger charge is -2.41. The van der Waals surface area contributed by atoms with Crippen molar-refractivity contribution in [3.05, 3.63) is 70.8 Å². The highest BCUT2D eigenvalue weighted by molar-refractivity contribution is 5.74. The van der Waals surface area contributed by atoms with Crippen molar-refractivity contribution in [2.45, 2.75) is 115 Å². The van der Waals surface area contributed by atoms with E-state index in [-0.39, 0.29) is 30.0 Å². The highest BCUT2D eigenvalue weighted by Gasteiger charge is 2.35. The predicted octanol–water partition coefficient (Wildman–Crippen LogP) is 6.86. The Bertz CT molecular complexity index is 1060. The minimum Gasteiger partial charge on any atom is -0.390 e. The Morgan fingerprint density at radius 3 is 2.35 bits per heavy atom. The number of benzene rings is 2. The van der Waals surface area contributed by atoms with Gasteiger partial charge in [-0.15, -0.1) is 0 Å². The molecule has 2 atom stereocenters. The summed E-state index contributed by atoms with van der Waals surface area (Å²) in [5.74, 6) is -1.36. The highest BCUT2D eigenvalue weighted by Crippen LogP contribution is 2.38. The second-order valence-electron chi connectivity index (χ2n) is 12.5. The van der Waals surface area contributed by atoms with Gasteiger partial charge >= 0.3 is 6.03 Å². The van der Waals surface area contributed by atoms with Gasteiger partial charge < -0.3 is 21.1 Å². The maximum atomic E-state index is 13.9. The van der Waals surface area contributed by atoms with E-state index < -0.39 is 23.8 Å². The number of amides is 2. The van der Waals surface area contributed by atoms with E-state index in [9.17, 15) is 18.7 Å².